The summed E-state index contributed by atoms with van der Waals surface area (Å²) in [4.78, 5) is 0.566. The van der Waals surface area contributed by atoms with Crippen molar-refractivity contribution in [3.8, 4) is 0 Å². The molecule has 1 rings (SSSR count). The Kier molecular flexibility index (Phi) is 2.90. The second-order valence-electron chi connectivity index (χ2n) is 3.34. The molecule has 3 nitrogen and oxygen atoms in total. The Morgan fingerprint density at radius 1 is 1.50 bits per heavy atom. The van der Waals surface area contributed by atoms with Crippen LogP contribution in [-0.4, -0.2) is 14.5 Å². The van der Waals surface area contributed by atoms with Crippen LogP contribution in [0, 0.1) is 0 Å². The summed E-state index contributed by atoms with van der Waals surface area (Å²) >= 11 is 0. The monoisotopic (exact) mass is 189 g/mol. The van der Waals surface area contributed by atoms with Crippen molar-refractivity contribution in [2.45, 2.75) is 39.2 Å². The number of nitrogens with one attached hydrogen (secondary N) is 1. The second-order valence-corrected chi connectivity index (χ2v) is 5.11. The molecule has 0 radical (unpaired) electrons. The molecule has 1 aliphatic rings. The summed E-state index contributed by atoms with van der Waals surface area (Å²) in [5, 5.41) is 0. The predicted octanol–water partition coefficient (Wildman–Crippen LogP) is 1.38. The van der Waals surface area contributed by atoms with E-state index < -0.39 is 10.0 Å². The Hall–Kier alpha value is -0.350. The maximum Gasteiger partial charge on any atom is 0.236 e. The van der Waals surface area contributed by atoms with Gasteiger partial charge in [-0.3, -0.25) is 0 Å². The van der Waals surface area contributed by atoms with Crippen molar-refractivity contribution in [1.29, 1.82) is 0 Å². The molecule has 0 aromatic carbocycles. The third kappa shape index (κ3) is 2.32. The predicted molar refractivity (Wildman–Crippen MR) is 49.1 cm³/mol. The van der Waals surface area contributed by atoms with Crippen molar-refractivity contribution in [3.63, 3.8) is 0 Å². The van der Waals surface area contributed by atoms with E-state index >= 15 is 0 Å². The first-order valence-corrected chi connectivity index (χ1v) is 5.72. The zero-order chi connectivity index (χ0) is 9.19. The topological polar surface area (TPSA) is 46.2 Å². The molecule has 1 aliphatic carbocycles. The van der Waals surface area contributed by atoms with E-state index in [1.165, 1.54) is 0 Å². The van der Waals surface area contributed by atoms with Crippen molar-refractivity contribution < 1.29 is 8.42 Å². The van der Waals surface area contributed by atoms with Gasteiger partial charge >= 0.3 is 0 Å². The Labute approximate surface area is 73.9 Å². The molecule has 4 heteroatoms. The molecule has 0 spiro atoms. The average molecular weight is 189 g/mol. The maximum absolute atomic E-state index is 11.5. The van der Waals surface area contributed by atoms with Gasteiger partial charge in [0, 0.05) is 6.04 Å². The molecule has 0 heterocycles. The first-order valence-electron chi connectivity index (χ1n) is 4.24. The van der Waals surface area contributed by atoms with E-state index in [2.05, 4.69) is 4.72 Å². The highest BCUT2D eigenvalue weighted by atomic mass is 32.2. The van der Waals surface area contributed by atoms with Gasteiger partial charge in [0.05, 0.1) is 4.91 Å². The van der Waals surface area contributed by atoms with E-state index in [0.717, 1.165) is 12.8 Å². The summed E-state index contributed by atoms with van der Waals surface area (Å²) < 4.78 is 25.5. The molecule has 0 fully saturated rings. The minimum absolute atomic E-state index is 0.0171. The Morgan fingerprint density at radius 2 is 2.17 bits per heavy atom. The van der Waals surface area contributed by atoms with Gasteiger partial charge in [-0.15, -0.1) is 0 Å². The number of allylic oxidation sites excluding steroid dienone is 2. The molecule has 70 valence electrons. The number of hydrogen-bond acceptors (Lipinski definition) is 2. The third-order valence-corrected chi connectivity index (χ3v) is 3.58. The molecule has 0 bridgehead atoms. The minimum Gasteiger partial charge on any atom is -0.209 e. The molecule has 0 saturated carbocycles. The molecule has 0 aliphatic heterocycles. The van der Waals surface area contributed by atoms with E-state index in [1.54, 1.807) is 0 Å². The van der Waals surface area contributed by atoms with Crippen molar-refractivity contribution in [1.82, 2.24) is 4.72 Å². The van der Waals surface area contributed by atoms with Gasteiger partial charge in [-0.1, -0.05) is 6.08 Å². The van der Waals surface area contributed by atoms with Gasteiger partial charge in [0.25, 0.3) is 0 Å². The highest BCUT2D eigenvalue weighted by Gasteiger charge is 2.20. The van der Waals surface area contributed by atoms with Crippen LogP contribution in [0.5, 0.6) is 0 Å². The molecular formula is C8H15NO2S. The normalized spacial score (nSPS) is 18.4. The van der Waals surface area contributed by atoms with Gasteiger partial charge in [0.2, 0.25) is 10.0 Å². The number of rotatable bonds is 3. The summed E-state index contributed by atoms with van der Waals surface area (Å²) in [6, 6.07) is -0.0171. The fourth-order valence-corrected chi connectivity index (χ4v) is 2.79. The van der Waals surface area contributed by atoms with Gasteiger partial charge in [0.15, 0.2) is 0 Å². The van der Waals surface area contributed by atoms with Gasteiger partial charge < -0.3 is 0 Å². The van der Waals surface area contributed by atoms with Crippen molar-refractivity contribution in [2.24, 2.45) is 0 Å². The van der Waals surface area contributed by atoms with Crippen molar-refractivity contribution >= 4 is 10.0 Å². The van der Waals surface area contributed by atoms with E-state index in [9.17, 15) is 8.42 Å². The molecule has 12 heavy (non-hydrogen) atoms. The zero-order valence-electron chi connectivity index (χ0n) is 7.50. The highest BCUT2D eigenvalue weighted by Crippen LogP contribution is 2.21. The summed E-state index contributed by atoms with van der Waals surface area (Å²) in [6.07, 6.45) is 4.37. The van der Waals surface area contributed by atoms with Crippen LogP contribution in [0.15, 0.2) is 11.0 Å². The Morgan fingerprint density at radius 3 is 2.58 bits per heavy atom. The third-order valence-electron chi connectivity index (χ3n) is 1.74. The lowest BCUT2D eigenvalue weighted by Crippen LogP contribution is -2.30. The number of hydrogen-bond donors (Lipinski definition) is 1. The smallest absolute Gasteiger partial charge is 0.209 e. The van der Waals surface area contributed by atoms with Gasteiger partial charge in [0.1, 0.15) is 0 Å². The summed E-state index contributed by atoms with van der Waals surface area (Å²) in [5.74, 6) is 0. The Balaban J connectivity index is 2.72. The standard InChI is InChI=1S/C8H15NO2S/c1-7(2)9-12(10,11)8-5-3-4-6-8/h5,7,9H,3-4,6H2,1-2H3. The molecule has 0 saturated heterocycles. The maximum atomic E-state index is 11.5. The molecule has 0 aromatic rings. The molecule has 0 aromatic heterocycles. The van der Waals surface area contributed by atoms with Crippen LogP contribution in [0.25, 0.3) is 0 Å². The van der Waals surface area contributed by atoms with E-state index in [1.807, 2.05) is 19.9 Å². The lowest BCUT2D eigenvalue weighted by Gasteiger charge is -2.09. The first-order chi connectivity index (χ1) is 5.52. The van der Waals surface area contributed by atoms with Crippen LogP contribution in [0.2, 0.25) is 0 Å². The summed E-state index contributed by atoms with van der Waals surface area (Å²) in [6.45, 7) is 3.65. The summed E-state index contributed by atoms with van der Waals surface area (Å²) in [7, 11) is -3.15. The van der Waals surface area contributed by atoms with Crippen LogP contribution < -0.4 is 4.72 Å². The van der Waals surface area contributed by atoms with Crippen LogP contribution in [0.4, 0.5) is 0 Å². The zero-order valence-corrected chi connectivity index (χ0v) is 8.32. The molecule has 0 atom stereocenters. The molecule has 0 unspecified atom stereocenters. The first kappa shape index (κ1) is 9.74. The fraction of sp³-hybridized carbons (Fsp3) is 0.750. The highest BCUT2D eigenvalue weighted by molar-refractivity contribution is 7.93. The van der Waals surface area contributed by atoms with Crippen LogP contribution >= 0.6 is 0 Å². The number of sulfonamides is 1. The van der Waals surface area contributed by atoms with Gasteiger partial charge in [-0.05, 0) is 33.1 Å². The molecular weight excluding hydrogens is 174 g/mol. The van der Waals surface area contributed by atoms with Crippen LogP contribution in [0.1, 0.15) is 33.1 Å². The largest absolute Gasteiger partial charge is 0.236 e. The SMILES string of the molecule is CC(C)NS(=O)(=O)C1=CCCC1. The van der Waals surface area contributed by atoms with Crippen LogP contribution in [-0.2, 0) is 10.0 Å². The van der Waals surface area contributed by atoms with Gasteiger partial charge in [-0.2, -0.15) is 0 Å². The van der Waals surface area contributed by atoms with E-state index in [-0.39, 0.29) is 6.04 Å². The van der Waals surface area contributed by atoms with Gasteiger partial charge in [-0.25, -0.2) is 13.1 Å². The summed E-state index contributed by atoms with van der Waals surface area (Å²) in [5.41, 5.74) is 0. The molecule has 1 N–H and O–H groups in total. The van der Waals surface area contributed by atoms with Crippen molar-refractivity contribution in [3.05, 3.63) is 11.0 Å². The Bertz CT molecular complexity index is 277. The van der Waals surface area contributed by atoms with E-state index in [4.69, 9.17) is 0 Å². The minimum atomic E-state index is -3.15. The molecule has 0 amide bonds. The second kappa shape index (κ2) is 3.58. The van der Waals surface area contributed by atoms with E-state index in [0.29, 0.717) is 11.3 Å². The lowest BCUT2D eigenvalue weighted by molar-refractivity contribution is 0.575. The quantitative estimate of drug-likeness (QED) is 0.729. The van der Waals surface area contributed by atoms with Crippen molar-refractivity contribution in [2.75, 3.05) is 0 Å². The fourth-order valence-electron chi connectivity index (χ4n) is 1.27. The lowest BCUT2D eigenvalue weighted by atomic mass is 10.4. The average Bonchev–Trinajstić information content (AvgIpc) is 2.32. The van der Waals surface area contributed by atoms with Crippen LogP contribution in [0.3, 0.4) is 0 Å².